The van der Waals surface area contributed by atoms with Crippen LogP contribution in [0.3, 0.4) is 0 Å². The Morgan fingerprint density at radius 2 is 1.68 bits per heavy atom. The number of hydrogen-bond acceptors (Lipinski definition) is 1. The molecule has 0 heterocycles. The van der Waals surface area contributed by atoms with Gasteiger partial charge in [-0.25, -0.2) is 8.78 Å². The molecule has 0 atom stereocenters. The summed E-state index contributed by atoms with van der Waals surface area (Å²) in [6.07, 6.45) is 0. The van der Waals surface area contributed by atoms with E-state index in [1.807, 2.05) is 0 Å². The fraction of sp³-hybridized carbons (Fsp3) is 0.143. The van der Waals surface area contributed by atoms with E-state index in [0.29, 0.717) is 11.1 Å². The Morgan fingerprint density at radius 3 is 2.32 bits per heavy atom. The molecule has 2 rings (SSSR count). The van der Waals surface area contributed by atoms with Gasteiger partial charge >= 0.3 is 0 Å². The number of rotatable bonds is 4. The average Bonchev–Trinajstić information content (AvgIpc) is 2.41. The molecule has 0 unspecified atom stereocenters. The third-order valence-electron chi connectivity index (χ3n) is 2.53. The lowest BCUT2D eigenvalue weighted by atomic mass is 10.2. The minimum absolute atomic E-state index is 0.0130. The first-order valence-electron chi connectivity index (χ1n) is 5.51. The van der Waals surface area contributed by atoms with Gasteiger partial charge in [-0.2, -0.15) is 0 Å². The largest absolute Gasteiger partial charge is 0.486 e. The van der Waals surface area contributed by atoms with Gasteiger partial charge in [-0.15, -0.1) is 11.6 Å². The first-order chi connectivity index (χ1) is 9.10. The van der Waals surface area contributed by atoms with Crippen molar-refractivity contribution in [3.63, 3.8) is 0 Å². The topological polar surface area (TPSA) is 9.23 Å². The molecular formula is C14H10Cl2F2O. The van der Waals surface area contributed by atoms with Gasteiger partial charge in [0.1, 0.15) is 12.4 Å². The average molecular weight is 303 g/mol. The quantitative estimate of drug-likeness (QED) is 0.727. The summed E-state index contributed by atoms with van der Waals surface area (Å²) in [5.74, 6) is -0.617. The normalized spacial score (nSPS) is 10.5. The molecule has 0 bridgehead atoms. The molecular weight excluding hydrogens is 293 g/mol. The number of ether oxygens (including phenoxy) is 1. The van der Waals surface area contributed by atoms with E-state index in [2.05, 4.69) is 0 Å². The van der Waals surface area contributed by atoms with Crippen LogP contribution < -0.4 is 4.74 Å². The van der Waals surface area contributed by atoms with E-state index in [1.165, 1.54) is 30.3 Å². The van der Waals surface area contributed by atoms with Crippen molar-refractivity contribution in [3.8, 4) is 5.75 Å². The van der Waals surface area contributed by atoms with E-state index in [4.69, 9.17) is 27.9 Å². The van der Waals surface area contributed by atoms with Crippen LogP contribution in [0.1, 0.15) is 11.1 Å². The smallest absolute Gasteiger partial charge is 0.165 e. The predicted octanol–water partition coefficient (Wildman–Crippen LogP) is 4.94. The second-order valence-corrected chi connectivity index (χ2v) is 4.61. The molecule has 2 aromatic rings. The lowest BCUT2D eigenvalue weighted by Crippen LogP contribution is -1.98. The Hall–Kier alpha value is -1.32. The molecule has 1 nitrogen and oxygen atoms in total. The number of halogens is 4. The van der Waals surface area contributed by atoms with Crippen LogP contribution in [0, 0.1) is 11.6 Å². The standard InChI is InChI=1S/C14H10Cl2F2O/c15-7-9-2-4-14(13(18)6-9)19-8-10-1-3-12(17)11(16)5-10/h1-6H,7-8H2. The molecule has 0 radical (unpaired) electrons. The van der Waals surface area contributed by atoms with E-state index in [9.17, 15) is 8.78 Å². The van der Waals surface area contributed by atoms with Crippen LogP contribution in [0.25, 0.3) is 0 Å². The zero-order valence-corrected chi connectivity index (χ0v) is 11.3. The van der Waals surface area contributed by atoms with Gasteiger partial charge in [0.25, 0.3) is 0 Å². The zero-order chi connectivity index (χ0) is 13.8. The van der Waals surface area contributed by atoms with E-state index in [0.717, 1.165) is 0 Å². The fourth-order valence-corrected chi connectivity index (χ4v) is 1.90. The molecule has 0 amide bonds. The second-order valence-electron chi connectivity index (χ2n) is 3.94. The lowest BCUT2D eigenvalue weighted by molar-refractivity contribution is 0.290. The highest BCUT2D eigenvalue weighted by atomic mass is 35.5. The summed E-state index contributed by atoms with van der Waals surface area (Å²) in [5, 5.41) is 0.0130. The monoisotopic (exact) mass is 302 g/mol. The molecule has 0 aliphatic heterocycles. The van der Waals surface area contributed by atoms with Crippen molar-refractivity contribution < 1.29 is 13.5 Å². The highest BCUT2D eigenvalue weighted by Crippen LogP contribution is 2.22. The SMILES string of the molecule is Fc1ccc(COc2ccc(CCl)cc2F)cc1Cl. The van der Waals surface area contributed by atoms with Gasteiger partial charge in [0, 0.05) is 5.88 Å². The van der Waals surface area contributed by atoms with Crippen molar-refractivity contribution >= 4 is 23.2 Å². The third-order valence-corrected chi connectivity index (χ3v) is 3.13. The molecule has 0 N–H and O–H groups in total. The van der Waals surface area contributed by atoms with E-state index >= 15 is 0 Å². The van der Waals surface area contributed by atoms with Crippen LogP contribution in [-0.2, 0) is 12.5 Å². The Labute approximate surface area is 119 Å². The molecule has 5 heteroatoms. The van der Waals surface area contributed by atoms with Crippen molar-refractivity contribution in [1.29, 1.82) is 0 Å². The van der Waals surface area contributed by atoms with Crippen LogP contribution in [0.2, 0.25) is 5.02 Å². The van der Waals surface area contributed by atoms with Gasteiger partial charge in [0.05, 0.1) is 5.02 Å². The summed E-state index contributed by atoms with van der Waals surface area (Å²) < 4.78 is 31.9. The number of benzene rings is 2. The molecule has 0 saturated heterocycles. The first kappa shape index (κ1) is 14.1. The molecule has 2 aromatic carbocycles. The Balaban J connectivity index is 2.07. The summed E-state index contributed by atoms with van der Waals surface area (Å²) in [6.45, 7) is 0.108. The van der Waals surface area contributed by atoms with E-state index < -0.39 is 11.6 Å². The van der Waals surface area contributed by atoms with Gasteiger partial charge in [0.2, 0.25) is 0 Å². The molecule has 19 heavy (non-hydrogen) atoms. The molecule has 0 saturated carbocycles. The lowest BCUT2D eigenvalue weighted by Gasteiger charge is -2.08. The summed E-state index contributed by atoms with van der Waals surface area (Å²) >= 11 is 11.2. The second kappa shape index (κ2) is 6.22. The summed E-state index contributed by atoms with van der Waals surface area (Å²) in [7, 11) is 0. The molecule has 0 aliphatic carbocycles. The minimum Gasteiger partial charge on any atom is -0.486 e. The van der Waals surface area contributed by atoms with Gasteiger partial charge in [-0.1, -0.05) is 23.7 Å². The van der Waals surface area contributed by atoms with Crippen molar-refractivity contribution in [1.82, 2.24) is 0 Å². The van der Waals surface area contributed by atoms with Crippen molar-refractivity contribution in [2.24, 2.45) is 0 Å². The highest BCUT2D eigenvalue weighted by molar-refractivity contribution is 6.30. The van der Waals surface area contributed by atoms with Crippen LogP contribution in [0.4, 0.5) is 8.78 Å². The van der Waals surface area contributed by atoms with Crippen LogP contribution in [-0.4, -0.2) is 0 Å². The van der Waals surface area contributed by atoms with Crippen molar-refractivity contribution in [2.75, 3.05) is 0 Å². The molecule has 0 aromatic heterocycles. The van der Waals surface area contributed by atoms with E-state index in [1.54, 1.807) is 6.07 Å². The zero-order valence-electron chi connectivity index (χ0n) is 9.80. The Morgan fingerprint density at radius 1 is 0.947 bits per heavy atom. The van der Waals surface area contributed by atoms with Gasteiger partial charge in [0.15, 0.2) is 11.6 Å². The fourth-order valence-electron chi connectivity index (χ4n) is 1.54. The summed E-state index contributed by atoms with van der Waals surface area (Å²) in [6, 6.07) is 8.74. The summed E-state index contributed by atoms with van der Waals surface area (Å²) in [5.41, 5.74) is 1.34. The van der Waals surface area contributed by atoms with Gasteiger partial charge in [-0.05, 0) is 35.4 Å². The Kier molecular flexibility index (Phi) is 4.61. The predicted molar refractivity (Wildman–Crippen MR) is 71.7 cm³/mol. The van der Waals surface area contributed by atoms with Crippen LogP contribution >= 0.6 is 23.2 Å². The maximum Gasteiger partial charge on any atom is 0.165 e. The summed E-state index contributed by atoms with van der Waals surface area (Å²) in [4.78, 5) is 0. The number of hydrogen-bond donors (Lipinski definition) is 0. The molecule has 100 valence electrons. The maximum atomic E-state index is 13.6. The van der Waals surface area contributed by atoms with Gasteiger partial charge < -0.3 is 4.74 Å². The third kappa shape index (κ3) is 3.58. The van der Waals surface area contributed by atoms with Crippen LogP contribution in [0.5, 0.6) is 5.75 Å². The number of alkyl halides is 1. The van der Waals surface area contributed by atoms with Crippen molar-refractivity contribution in [3.05, 3.63) is 64.2 Å². The van der Waals surface area contributed by atoms with Crippen LogP contribution in [0.15, 0.2) is 36.4 Å². The van der Waals surface area contributed by atoms with Gasteiger partial charge in [-0.3, -0.25) is 0 Å². The molecule has 0 aliphatic rings. The van der Waals surface area contributed by atoms with Crippen molar-refractivity contribution in [2.45, 2.75) is 12.5 Å². The first-order valence-corrected chi connectivity index (χ1v) is 6.42. The van der Waals surface area contributed by atoms with E-state index in [-0.39, 0.29) is 23.3 Å². The molecule has 0 fully saturated rings. The highest BCUT2D eigenvalue weighted by Gasteiger charge is 2.06. The minimum atomic E-state index is -0.497. The Bertz CT molecular complexity index is 588. The molecule has 0 spiro atoms. The maximum absolute atomic E-state index is 13.6.